The lowest BCUT2D eigenvalue weighted by Gasteiger charge is -2.34. The van der Waals surface area contributed by atoms with Gasteiger partial charge in [0.05, 0.1) is 12.2 Å². The van der Waals surface area contributed by atoms with Gasteiger partial charge < -0.3 is 5.11 Å². The zero-order valence-corrected chi connectivity index (χ0v) is 20.3. The fourth-order valence-corrected chi connectivity index (χ4v) is 4.28. The average molecular weight is 494 g/mol. The van der Waals surface area contributed by atoms with Crippen LogP contribution in [0.5, 0.6) is 0 Å². The van der Waals surface area contributed by atoms with E-state index < -0.39 is 23.2 Å². The molecule has 1 N–H and O–H groups in total. The lowest BCUT2D eigenvalue weighted by molar-refractivity contribution is -0.0379. The number of rotatable bonds is 10. The summed E-state index contributed by atoms with van der Waals surface area (Å²) in [5.74, 6) is -1.96. The van der Waals surface area contributed by atoms with Crippen molar-refractivity contribution in [2.24, 2.45) is 5.92 Å². The number of hydrogen-bond acceptors (Lipinski definition) is 4. The van der Waals surface area contributed by atoms with Crippen LogP contribution in [-0.4, -0.2) is 29.0 Å². The van der Waals surface area contributed by atoms with Crippen molar-refractivity contribution < 1.29 is 13.9 Å². The second-order valence-electron chi connectivity index (χ2n) is 8.92. The molecule has 2 aromatic heterocycles. The van der Waals surface area contributed by atoms with Crippen molar-refractivity contribution in [3.05, 3.63) is 107 Å². The summed E-state index contributed by atoms with van der Waals surface area (Å²) >= 11 is 0. The minimum absolute atomic E-state index is 0.00473. The standard InChI is InChI=1S/C27H29F2N5O2/c1-3-13-32-14-15-34(26(32)35)23-10-7-21(8-11-23)6-4-5-20(2)27(36,17-33-19-30-18-31-33)24-12-9-22(28)16-25(24)29/h4,6-12,14-16,18-20,36H,3,5,13,17H2,1-2H3/b6-4+/t20-,27+/m0/s1. The molecule has 0 aliphatic carbocycles. The van der Waals surface area contributed by atoms with E-state index in [-0.39, 0.29) is 17.8 Å². The molecule has 0 bridgehead atoms. The molecule has 2 heterocycles. The van der Waals surface area contributed by atoms with Crippen LogP contribution in [0.4, 0.5) is 8.78 Å². The summed E-state index contributed by atoms with van der Waals surface area (Å²) in [6.07, 6.45) is 11.4. The highest BCUT2D eigenvalue weighted by Gasteiger charge is 2.38. The van der Waals surface area contributed by atoms with Gasteiger partial charge in [-0.2, -0.15) is 5.10 Å². The van der Waals surface area contributed by atoms with E-state index in [0.717, 1.165) is 29.8 Å². The third-order valence-electron chi connectivity index (χ3n) is 6.37. The molecule has 0 saturated carbocycles. The Balaban J connectivity index is 1.50. The van der Waals surface area contributed by atoms with E-state index in [1.807, 2.05) is 43.3 Å². The maximum Gasteiger partial charge on any atom is 0.332 e. The molecular formula is C27H29F2N5O2. The molecule has 9 heteroatoms. The highest BCUT2D eigenvalue weighted by molar-refractivity contribution is 5.51. The number of hydrogen-bond donors (Lipinski definition) is 1. The summed E-state index contributed by atoms with van der Waals surface area (Å²) < 4.78 is 32.9. The SMILES string of the molecule is CCCn1ccn(-c2ccc(/C=C/C[C@H](C)[C@](O)(Cn3cncn3)c3ccc(F)cc3F)cc2)c1=O. The Morgan fingerprint density at radius 3 is 2.58 bits per heavy atom. The monoisotopic (exact) mass is 493 g/mol. The van der Waals surface area contributed by atoms with Gasteiger partial charge in [-0.1, -0.05) is 44.2 Å². The van der Waals surface area contributed by atoms with Crippen LogP contribution in [0.2, 0.25) is 0 Å². The second-order valence-corrected chi connectivity index (χ2v) is 8.92. The van der Waals surface area contributed by atoms with Crippen molar-refractivity contribution in [1.82, 2.24) is 23.9 Å². The average Bonchev–Trinajstić information content (AvgIpc) is 3.49. The van der Waals surface area contributed by atoms with Crippen LogP contribution >= 0.6 is 0 Å². The lowest BCUT2D eigenvalue weighted by Crippen LogP contribution is -2.39. The van der Waals surface area contributed by atoms with Crippen molar-refractivity contribution in [3.8, 4) is 5.69 Å². The smallest absolute Gasteiger partial charge is 0.332 e. The number of aliphatic hydroxyl groups is 1. The number of aryl methyl sites for hydroxylation is 1. The molecular weight excluding hydrogens is 464 g/mol. The fourth-order valence-electron chi connectivity index (χ4n) is 4.28. The van der Waals surface area contributed by atoms with Crippen LogP contribution < -0.4 is 5.69 Å². The molecule has 36 heavy (non-hydrogen) atoms. The fraction of sp³-hybridized carbons (Fsp3) is 0.296. The topological polar surface area (TPSA) is 77.9 Å². The highest BCUT2D eigenvalue weighted by Crippen LogP contribution is 2.35. The minimum Gasteiger partial charge on any atom is -0.383 e. The van der Waals surface area contributed by atoms with Crippen molar-refractivity contribution in [2.45, 2.75) is 45.4 Å². The molecule has 0 aliphatic rings. The Bertz CT molecular complexity index is 1380. The lowest BCUT2D eigenvalue weighted by atomic mass is 9.80. The Morgan fingerprint density at radius 1 is 1.14 bits per heavy atom. The number of allylic oxidation sites excluding steroid dienone is 1. The minimum atomic E-state index is -1.65. The second kappa shape index (κ2) is 10.8. The molecule has 0 spiro atoms. The van der Waals surface area contributed by atoms with Gasteiger partial charge in [0.2, 0.25) is 0 Å². The van der Waals surface area contributed by atoms with Crippen LogP contribution in [-0.2, 0) is 18.7 Å². The predicted octanol–water partition coefficient (Wildman–Crippen LogP) is 4.55. The number of halogens is 2. The van der Waals surface area contributed by atoms with Crippen molar-refractivity contribution >= 4 is 6.08 Å². The molecule has 4 rings (SSSR count). The first-order chi connectivity index (χ1) is 17.3. The summed E-state index contributed by atoms with van der Waals surface area (Å²) in [4.78, 5) is 16.4. The van der Waals surface area contributed by atoms with Crippen molar-refractivity contribution in [3.63, 3.8) is 0 Å². The normalized spacial score (nSPS) is 14.2. The van der Waals surface area contributed by atoms with Gasteiger partial charge in [-0.3, -0.25) is 9.13 Å². The van der Waals surface area contributed by atoms with Crippen LogP contribution in [0.15, 0.2) is 78.4 Å². The summed E-state index contributed by atoms with van der Waals surface area (Å²) in [5.41, 5.74) is -0.0279. The van der Waals surface area contributed by atoms with Crippen molar-refractivity contribution in [1.29, 1.82) is 0 Å². The first-order valence-electron chi connectivity index (χ1n) is 11.9. The summed E-state index contributed by atoms with van der Waals surface area (Å²) in [6, 6.07) is 10.7. The first kappa shape index (κ1) is 25.2. The largest absolute Gasteiger partial charge is 0.383 e. The van der Waals surface area contributed by atoms with E-state index >= 15 is 0 Å². The predicted molar refractivity (Wildman–Crippen MR) is 133 cm³/mol. The third-order valence-corrected chi connectivity index (χ3v) is 6.37. The Hall–Kier alpha value is -3.85. The number of nitrogens with zero attached hydrogens (tertiary/aromatic N) is 5. The Morgan fingerprint density at radius 2 is 1.92 bits per heavy atom. The number of benzene rings is 2. The molecule has 188 valence electrons. The van der Waals surface area contributed by atoms with Gasteiger partial charge in [0.1, 0.15) is 29.9 Å². The quantitative estimate of drug-likeness (QED) is 0.352. The molecule has 7 nitrogen and oxygen atoms in total. The Kier molecular flexibility index (Phi) is 7.59. The molecule has 0 amide bonds. The molecule has 0 unspecified atom stereocenters. The molecule has 0 aliphatic heterocycles. The van der Waals surface area contributed by atoms with Crippen LogP contribution in [0.1, 0.15) is 37.8 Å². The maximum absolute atomic E-state index is 14.7. The zero-order chi connectivity index (χ0) is 25.7. The van der Waals surface area contributed by atoms with Gasteiger partial charge in [0.15, 0.2) is 0 Å². The molecule has 4 aromatic rings. The van der Waals surface area contributed by atoms with Gasteiger partial charge in [-0.25, -0.2) is 23.2 Å². The summed E-state index contributed by atoms with van der Waals surface area (Å²) in [5, 5.41) is 15.6. The van der Waals surface area contributed by atoms with Crippen molar-refractivity contribution in [2.75, 3.05) is 0 Å². The van der Waals surface area contributed by atoms with Gasteiger partial charge in [0, 0.05) is 30.6 Å². The molecule has 0 fully saturated rings. The molecule has 0 saturated heterocycles. The van der Waals surface area contributed by atoms with E-state index in [9.17, 15) is 18.7 Å². The highest BCUT2D eigenvalue weighted by atomic mass is 19.1. The summed E-state index contributed by atoms with van der Waals surface area (Å²) in [6.45, 7) is 4.47. The molecule has 2 aromatic carbocycles. The van der Waals surface area contributed by atoms with Gasteiger partial charge in [0.25, 0.3) is 0 Å². The number of aromatic nitrogens is 5. The molecule has 2 atom stereocenters. The van der Waals surface area contributed by atoms with E-state index in [1.165, 1.54) is 23.4 Å². The van der Waals surface area contributed by atoms with Crippen LogP contribution in [0.25, 0.3) is 11.8 Å². The molecule has 0 radical (unpaired) electrons. The summed E-state index contributed by atoms with van der Waals surface area (Å²) in [7, 11) is 0. The zero-order valence-electron chi connectivity index (χ0n) is 20.3. The van der Waals surface area contributed by atoms with Crippen LogP contribution in [0, 0.1) is 17.6 Å². The third kappa shape index (κ3) is 5.36. The first-order valence-corrected chi connectivity index (χ1v) is 11.9. The van der Waals surface area contributed by atoms with E-state index in [4.69, 9.17) is 0 Å². The van der Waals surface area contributed by atoms with Crippen LogP contribution in [0.3, 0.4) is 0 Å². The maximum atomic E-state index is 14.7. The van der Waals surface area contributed by atoms with Gasteiger partial charge >= 0.3 is 5.69 Å². The van der Waals surface area contributed by atoms with E-state index in [1.54, 1.807) is 28.5 Å². The van der Waals surface area contributed by atoms with Gasteiger partial charge in [-0.15, -0.1) is 0 Å². The van der Waals surface area contributed by atoms with E-state index in [2.05, 4.69) is 10.1 Å². The van der Waals surface area contributed by atoms with Gasteiger partial charge in [-0.05, 0) is 42.5 Å². The van der Waals surface area contributed by atoms with E-state index in [0.29, 0.717) is 13.0 Å². The number of imidazole rings is 1. The Labute approximate surface area is 208 Å².